The zero-order chi connectivity index (χ0) is 29.2. The van der Waals surface area contributed by atoms with Gasteiger partial charge in [0, 0.05) is 57.4 Å². The van der Waals surface area contributed by atoms with Crippen molar-refractivity contribution in [3.63, 3.8) is 0 Å². The lowest BCUT2D eigenvalue weighted by Crippen LogP contribution is -2.07. The minimum absolute atomic E-state index is 0.542. The van der Waals surface area contributed by atoms with E-state index in [1.807, 2.05) is 75.5 Å². The molecular weight excluding hydrogens is 520 g/mol. The molecule has 6 rings (SSSR count). The van der Waals surface area contributed by atoms with E-state index in [9.17, 15) is 0 Å². The first-order valence-electron chi connectivity index (χ1n) is 14.0. The van der Waals surface area contributed by atoms with Crippen LogP contribution in [-0.4, -0.2) is 41.9 Å². The van der Waals surface area contributed by atoms with Gasteiger partial charge in [-0.1, -0.05) is 73.4 Å². The van der Waals surface area contributed by atoms with Gasteiger partial charge in [0.2, 0.25) is 0 Å². The van der Waals surface area contributed by atoms with Crippen LogP contribution in [0, 0.1) is 6.92 Å². The summed E-state index contributed by atoms with van der Waals surface area (Å²) >= 11 is 0. The normalized spacial score (nSPS) is 14.3. The molecule has 0 radical (unpaired) electrons. The molecule has 0 saturated carbocycles. The number of hydrogen-bond acceptors (Lipinski definition) is 6. The number of H-pyrrole nitrogens is 2. The van der Waals surface area contributed by atoms with Crippen molar-refractivity contribution in [2.75, 3.05) is 7.05 Å². The molecule has 1 aromatic carbocycles. The number of fused-ring (bicyclic) bond motifs is 10. The highest BCUT2D eigenvalue weighted by Crippen LogP contribution is 2.30. The van der Waals surface area contributed by atoms with Gasteiger partial charge in [-0.2, -0.15) is 0 Å². The highest BCUT2D eigenvalue weighted by Gasteiger charge is 2.19. The molecule has 2 aliphatic rings. The van der Waals surface area contributed by atoms with Crippen LogP contribution >= 0.6 is 0 Å². The molecule has 0 amide bonds. The summed E-state index contributed by atoms with van der Waals surface area (Å²) in [6, 6.07) is 7.97. The molecule has 0 fully saturated rings. The van der Waals surface area contributed by atoms with E-state index in [1.165, 1.54) is 0 Å². The maximum atomic E-state index is 5.10. The van der Waals surface area contributed by atoms with E-state index in [0.29, 0.717) is 28.4 Å². The van der Waals surface area contributed by atoms with Crippen molar-refractivity contribution in [1.82, 2.24) is 34.9 Å². The molecule has 4 heterocycles. The Kier molecular flexibility index (Phi) is 7.27. The Labute approximate surface area is 243 Å². The molecule has 1 aliphatic carbocycles. The lowest BCUT2D eigenvalue weighted by atomic mass is 10.0. The second-order valence-corrected chi connectivity index (χ2v) is 10.0. The van der Waals surface area contributed by atoms with Crippen LogP contribution in [0.2, 0.25) is 0 Å². The highest BCUT2D eigenvalue weighted by molar-refractivity contribution is 5.99. The first-order chi connectivity index (χ1) is 20.6. The molecular formula is C34H32N8. The van der Waals surface area contributed by atoms with E-state index in [-0.39, 0.29) is 0 Å². The Morgan fingerprint density at radius 3 is 2.48 bits per heavy atom. The summed E-state index contributed by atoms with van der Waals surface area (Å²) < 4.78 is 0. The van der Waals surface area contributed by atoms with Crippen molar-refractivity contribution in [3.8, 4) is 0 Å². The summed E-state index contributed by atoms with van der Waals surface area (Å²) in [7, 11) is 1.76. The van der Waals surface area contributed by atoms with Crippen LogP contribution < -0.4 is 5.49 Å². The third-order valence-corrected chi connectivity index (χ3v) is 7.45. The van der Waals surface area contributed by atoms with Gasteiger partial charge in [0.15, 0.2) is 17.1 Å². The van der Waals surface area contributed by atoms with E-state index in [1.54, 1.807) is 13.1 Å². The average Bonchev–Trinajstić information content (AvgIpc) is 3.62. The van der Waals surface area contributed by atoms with E-state index in [2.05, 4.69) is 33.7 Å². The van der Waals surface area contributed by atoms with Crippen LogP contribution in [0.15, 0.2) is 72.4 Å². The summed E-state index contributed by atoms with van der Waals surface area (Å²) in [5.74, 6) is 1.10. The number of nitrogens with zero attached hydrogens (tertiary/aromatic N) is 6. The van der Waals surface area contributed by atoms with Gasteiger partial charge < -0.3 is 9.97 Å². The number of aryl methyl sites for hydroxylation is 2. The fourth-order valence-corrected chi connectivity index (χ4v) is 5.40. The van der Waals surface area contributed by atoms with E-state index < -0.39 is 0 Å². The van der Waals surface area contributed by atoms with Crippen molar-refractivity contribution >= 4 is 56.7 Å². The summed E-state index contributed by atoms with van der Waals surface area (Å²) in [6.45, 7) is 10.1. The summed E-state index contributed by atoms with van der Waals surface area (Å²) in [5, 5.41) is 1.74. The molecule has 0 spiro atoms. The molecule has 8 nitrogen and oxygen atoms in total. The molecule has 6 bridgehead atoms. The second kappa shape index (κ2) is 11.3. The quantitative estimate of drug-likeness (QED) is 0.289. The molecule has 0 saturated heterocycles. The maximum Gasteiger partial charge on any atom is 0.164 e. The van der Waals surface area contributed by atoms with Crippen molar-refractivity contribution in [3.05, 3.63) is 107 Å². The second-order valence-electron chi connectivity index (χ2n) is 10.0. The zero-order valence-electron chi connectivity index (χ0n) is 24.2. The lowest BCUT2D eigenvalue weighted by Gasteiger charge is -2.03. The van der Waals surface area contributed by atoms with Gasteiger partial charge in [0.1, 0.15) is 22.6 Å². The van der Waals surface area contributed by atoms with Crippen LogP contribution in [-0.2, 0) is 6.42 Å². The van der Waals surface area contributed by atoms with Crippen molar-refractivity contribution in [2.45, 2.75) is 33.6 Å². The van der Waals surface area contributed by atoms with Crippen molar-refractivity contribution in [1.29, 1.82) is 0 Å². The van der Waals surface area contributed by atoms with Crippen LogP contribution in [0.3, 0.4) is 0 Å². The first-order valence-corrected chi connectivity index (χ1v) is 14.0. The molecule has 0 atom stereocenters. The van der Waals surface area contributed by atoms with Crippen LogP contribution in [0.4, 0.5) is 0 Å². The molecule has 3 aromatic heterocycles. The van der Waals surface area contributed by atoms with Crippen molar-refractivity contribution in [2.24, 2.45) is 4.99 Å². The lowest BCUT2D eigenvalue weighted by molar-refractivity contribution is 0.992. The van der Waals surface area contributed by atoms with Crippen LogP contribution in [0.1, 0.15) is 54.2 Å². The zero-order valence-corrected chi connectivity index (χ0v) is 24.2. The monoisotopic (exact) mass is 552 g/mol. The Bertz CT molecular complexity index is 2100. The highest BCUT2D eigenvalue weighted by atomic mass is 15.0. The number of allylic oxidation sites excluding steroid dienone is 7. The third kappa shape index (κ3) is 4.71. The van der Waals surface area contributed by atoms with E-state index in [4.69, 9.17) is 24.9 Å². The van der Waals surface area contributed by atoms with Gasteiger partial charge in [-0.15, -0.1) is 0 Å². The molecule has 2 N–H and O–H groups in total. The Balaban J connectivity index is 1.86. The number of nitrogens with one attached hydrogen (secondary N) is 2. The molecule has 1 aliphatic heterocycles. The number of aromatic amines is 2. The fourth-order valence-electron chi connectivity index (χ4n) is 5.40. The van der Waals surface area contributed by atoms with Crippen LogP contribution in [0.5, 0.6) is 0 Å². The Hall–Kier alpha value is -5.24. The standard InChI is InChI=1S/C34H32N8/c1-6-13-23-20(4)28-37-31(23)41-34-27-18-12-11-17-26(27)33(42-34)39-29(35-5)24-16-10-9-15-21(24)19-36-30-22(8-3)25(14-7-2)32(38-28)40-30/h6-10,12-16,18-19H,3,11,17H2,1-2,4-5H3,(H2,35,36,37,38,39,40,41,42)/b13-6-,14-7-. The van der Waals surface area contributed by atoms with Crippen molar-refractivity contribution < 1.29 is 0 Å². The molecule has 42 heavy (non-hydrogen) atoms. The number of hydrogen-bond donors (Lipinski definition) is 2. The predicted octanol–water partition coefficient (Wildman–Crippen LogP) is 6.84. The minimum atomic E-state index is 0.542. The van der Waals surface area contributed by atoms with E-state index in [0.717, 1.165) is 68.3 Å². The third-order valence-electron chi connectivity index (χ3n) is 7.45. The number of aromatic nitrogens is 7. The Morgan fingerprint density at radius 2 is 1.69 bits per heavy atom. The molecule has 208 valence electrons. The number of rotatable bonds is 3. The van der Waals surface area contributed by atoms with Crippen LogP contribution in [0.25, 0.3) is 56.7 Å². The predicted molar refractivity (Wildman–Crippen MR) is 172 cm³/mol. The van der Waals surface area contributed by atoms with E-state index >= 15 is 0 Å². The number of benzene rings is 1. The molecule has 0 unspecified atom stereocenters. The Morgan fingerprint density at radius 1 is 0.881 bits per heavy atom. The minimum Gasteiger partial charge on any atom is -0.324 e. The largest absolute Gasteiger partial charge is 0.324 e. The molecule has 8 heteroatoms. The van der Waals surface area contributed by atoms with Gasteiger partial charge in [0.25, 0.3) is 0 Å². The van der Waals surface area contributed by atoms with Gasteiger partial charge in [-0.25, -0.2) is 24.9 Å². The summed E-state index contributed by atoms with van der Waals surface area (Å²) in [4.78, 5) is 36.4. The topological polar surface area (TPSA) is 108 Å². The fraction of sp³-hybridized carbons (Fsp3) is 0.176. The summed E-state index contributed by atoms with van der Waals surface area (Å²) in [6.07, 6.45) is 17.7. The molecule has 4 aromatic rings. The SMILES string of the molecule is C=CC1=C(/C=C\C)c2nc1ncc1ccccc1c(=NC)nc1[nH]c(nc3[nH]c(n2)c(C)c3/C=C\C)c2c1CCC=C2. The maximum absolute atomic E-state index is 5.10. The van der Waals surface area contributed by atoms with Gasteiger partial charge >= 0.3 is 0 Å². The van der Waals surface area contributed by atoms with Gasteiger partial charge in [-0.05, 0) is 33.6 Å². The van der Waals surface area contributed by atoms with Gasteiger partial charge in [0.05, 0.1) is 0 Å². The first kappa shape index (κ1) is 27.0. The summed E-state index contributed by atoms with van der Waals surface area (Å²) in [5.41, 5.74) is 9.27. The average molecular weight is 553 g/mol. The smallest absolute Gasteiger partial charge is 0.164 e. The van der Waals surface area contributed by atoms with Gasteiger partial charge in [-0.3, -0.25) is 4.99 Å².